The summed E-state index contributed by atoms with van der Waals surface area (Å²) >= 11 is 0. The van der Waals surface area contributed by atoms with Crippen LogP contribution in [-0.2, 0) is 0 Å². The Morgan fingerprint density at radius 2 is 1.77 bits per heavy atom. The van der Waals surface area contributed by atoms with Crippen LogP contribution in [0.3, 0.4) is 0 Å². The second kappa shape index (κ2) is 8.00. The Morgan fingerprint density at radius 3 is 2.42 bits per heavy atom. The lowest BCUT2D eigenvalue weighted by Crippen LogP contribution is -2.34. The van der Waals surface area contributed by atoms with Crippen molar-refractivity contribution in [1.29, 1.82) is 0 Å². The van der Waals surface area contributed by atoms with Crippen molar-refractivity contribution in [3.63, 3.8) is 0 Å². The first-order valence-electron chi connectivity index (χ1n) is 9.01. The third-order valence-corrected chi connectivity index (χ3v) is 4.67. The van der Waals surface area contributed by atoms with Gasteiger partial charge in [-0.25, -0.2) is 4.98 Å². The van der Waals surface area contributed by atoms with Crippen molar-refractivity contribution in [2.45, 2.75) is 32.7 Å². The van der Waals surface area contributed by atoms with Crippen molar-refractivity contribution < 1.29 is 9.53 Å². The van der Waals surface area contributed by atoms with Crippen LogP contribution in [0.2, 0.25) is 0 Å². The first-order chi connectivity index (χ1) is 12.7. The average Bonchev–Trinajstić information content (AvgIpc) is 2.71. The van der Waals surface area contributed by atoms with Gasteiger partial charge in [-0.3, -0.25) is 4.79 Å². The normalized spacial score (nSPS) is 10.9. The summed E-state index contributed by atoms with van der Waals surface area (Å²) in [5.74, 6) is 0.744. The number of para-hydroxylation sites is 1. The fourth-order valence-electron chi connectivity index (χ4n) is 3.03. The van der Waals surface area contributed by atoms with E-state index in [1.54, 1.807) is 7.11 Å². The Balaban J connectivity index is 2.07. The summed E-state index contributed by atoms with van der Waals surface area (Å²) in [6.07, 6.45) is 1.83. The summed E-state index contributed by atoms with van der Waals surface area (Å²) in [4.78, 5) is 17.7. The Kier molecular flexibility index (Phi) is 5.52. The zero-order valence-electron chi connectivity index (χ0n) is 15.5. The zero-order valence-corrected chi connectivity index (χ0v) is 15.5. The van der Waals surface area contributed by atoms with Crippen molar-refractivity contribution in [3.05, 3.63) is 60.2 Å². The standard InChI is InChI=1S/C22H24N2O2/c1-4-16(5-2)23-22(25)19-14-21(15-10-12-17(26-3)13-11-15)24-20-9-7-6-8-18(19)20/h6-14,16H,4-5H2,1-3H3,(H,23,25). The fraction of sp³-hybridized carbons (Fsp3) is 0.273. The molecule has 0 aliphatic heterocycles. The minimum Gasteiger partial charge on any atom is -0.497 e. The van der Waals surface area contributed by atoms with Crippen molar-refractivity contribution in [2.75, 3.05) is 7.11 Å². The lowest BCUT2D eigenvalue weighted by Gasteiger charge is -2.16. The number of nitrogens with zero attached hydrogens (tertiary/aromatic N) is 1. The summed E-state index contributed by atoms with van der Waals surface area (Å²) < 4.78 is 5.22. The Hall–Kier alpha value is -2.88. The maximum Gasteiger partial charge on any atom is 0.252 e. The van der Waals surface area contributed by atoms with Crippen molar-refractivity contribution >= 4 is 16.8 Å². The highest BCUT2D eigenvalue weighted by atomic mass is 16.5. The molecule has 4 heteroatoms. The van der Waals surface area contributed by atoms with Gasteiger partial charge < -0.3 is 10.1 Å². The van der Waals surface area contributed by atoms with Crippen LogP contribution in [0, 0.1) is 0 Å². The third kappa shape index (κ3) is 3.69. The van der Waals surface area contributed by atoms with E-state index in [0.29, 0.717) is 5.56 Å². The summed E-state index contributed by atoms with van der Waals surface area (Å²) in [6, 6.07) is 17.5. The quantitative estimate of drug-likeness (QED) is 0.694. The molecule has 1 N–H and O–H groups in total. The largest absolute Gasteiger partial charge is 0.497 e. The average molecular weight is 348 g/mol. The van der Waals surface area contributed by atoms with Crippen LogP contribution in [0.5, 0.6) is 5.75 Å². The molecule has 0 unspecified atom stereocenters. The number of amides is 1. The minimum atomic E-state index is -0.0490. The number of aromatic nitrogens is 1. The van der Waals surface area contributed by atoms with E-state index in [2.05, 4.69) is 19.2 Å². The lowest BCUT2D eigenvalue weighted by atomic mass is 10.0. The second-order valence-electron chi connectivity index (χ2n) is 6.29. The highest BCUT2D eigenvalue weighted by molar-refractivity contribution is 6.07. The number of carbonyl (C=O) groups is 1. The zero-order chi connectivity index (χ0) is 18.5. The van der Waals surface area contributed by atoms with E-state index >= 15 is 0 Å². The van der Waals surface area contributed by atoms with Crippen LogP contribution in [-0.4, -0.2) is 24.0 Å². The van der Waals surface area contributed by atoms with Gasteiger partial charge in [-0.15, -0.1) is 0 Å². The van der Waals surface area contributed by atoms with Gasteiger partial charge in [0.2, 0.25) is 0 Å². The predicted molar refractivity (Wildman–Crippen MR) is 106 cm³/mol. The second-order valence-corrected chi connectivity index (χ2v) is 6.29. The first-order valence-corrected chi connectivity index (χ1v) is 9.01. The van der Waals surface area contributed by atoms with Crippen LogP contribution >= 0.6 is 0 Å². The Bertz CT molecular complexity index is 900. The molecule has 0 atom stereocenters. The molecule has 1 amide bonds. The molecule has 0 aliphatic carbocycles. The molecule has 0 aliphatic rings. The van der Waals surface area contributed by atoms with Gasteiger partial charge in [-0.05, 0) is 49.2 Å². The highest BCUT2D eigenvalue weighted by Gasteiger charge is 2.16. The van der Waals surface area contributed by atoms with Crippen LogP contribution in [0.4, 0.5) is 0 Å². The van der Waals surface area contributed by atoms with Gasteiger partial charge in [0.1, 0.15) is 5.75 Å². The number of benzene rings is 2. The number of hydrogen-bond donors (Lipinski definition) is 1. The smallest absolute Gasteiger partial charge is 0.252 e. The van der Waals surface area contributed by atoms with E-state index in [-0.39, 0.29) is 11.9 Å². The van der Waals surface area contributed by atoms with Gasteiger partial charge in [-0.2, -0.15) is 0 Å². The molecule has 0 fully saturated rings. The molecule has 0 saturated heterocycles. The number of fused-ring (bicyclic) bond motifs is 1. The van der Waals surface area contributed by atoms with Crippen molar-refractivity contribution in [3.8, 4) is 17.0 Å². The molecule has 3 rings (SSSR count). The highest BCUT2D eigenvalue weighted by Crippen LogP contribution is 2.26. The maximum atomic E-state index is 12.9. The molecule has 0 spiro atoms. The Labute approximate surface area is 154 Å². The molecule has 3 aromatic rings. The fourth-order valence-corrected chi connectivity index (χ4v) is 3.03. The van der Waals surface area contributed by atoms with E-state index in [9.17, 15) is 4.79 Å². The van der Waals surface area contributed by atoms with Gasteiger partial charge >= 0.3 is 0 Å². The Morgan fingerprint density at radius 1 is 1.08 bits per heavy atom. The molecule has 0 bridgehead atoms. The van der Waals surface area contributed by atoms with Crippen molar-refractivity contribution in [2.24, 2.45) is 0 Å². The molecule has 2 aromatic carbocycles. The monoisotopic (exact) mass is 348 g/mol. The molecule has 1 heterocycles. The van der Waals surface area contributed by atoms with Gasteiger partial charge in [0.25, 0.3) is 5.91 Å². The van der Waals surface area contributed by atoms with Crippen LogP contribution in [0.25, 0.3) is 22.2 Å². The number of hydrogen-bond acceptors (Lipinski definition) is 3. The van der Waals surface area contributed by atoms with Crippen LogP contribution < -0.4 is 10.1 Å². The summed E-state index contributed by atoms with van der Waals surface area (Å²) in [5.41, 5.74) is 3.21. The number of nitrogens with one attached hydrogen (secondary N) is 1. The van der Waals surface area contributed by atoms with E-state index in [1.807, 2.05) is 54.6 Å². The molecule has 0 radical (unpaired) electrons. The van der Waals surface area contributed by atoms with Gasteiger partial charge in [0.05, 0.1) is 23.9 Å². The third-order valence-electron chi connectivity index (χ3n) is 4.67. The van der Waals surface area contributed by atoms with E-state index in [4.69, 9.17) is 9.72 Å². The van der Waals surface area contributed by atoms with Gasteiger partial charge in [0.15, 0.2) is 0 Å². The predicted octanol–water partition coefficient (Wildman–Crippen LogP) is 4.83. The number of methoxy groups -OCH3 is 1. The molecular weight excluding hydrogens is 324 g/mol. The molecule has 26 heavy (non-hydrogen) atoms. The van der Waals surface area contributed by atoms with Gasteiger partial charge in [-0.1, -0.05) is 32.0 Å². The topological polar surface area (TPSA) is 51.2 Å². The number of ether oxygens (including phenoxy) is 1. The van der Waals surface area contributed by atoms with E-state index in [0.717, 1.165) is 40.8 Å². The summed E-state index contributed by atoms with van der Waals surface area (Å²) in [7, 11) is 1.64. The first kappa shape index (κ1) is 17.9. The summed E-state index contributed by atoms with van der Waals surface area (Å²) in [6.45, 7) is 4.17. The van der Waals surface area contributed by atoms with Crippen LogP contribution in [0.1, 0.15) is 37.0 Å². The lowest BCUT2D eigenvalue weighted by molar-refractivity contribution is 0.0936. The van der Waals surface area contributed by atoms with Crippen molar-refractivity contribution in [1.82, 2.24) is 10.3 Å². The SMILES string of the molecule is CCC(CC)NC(=O)c1cc(-c2ccc(OC)cc2)nc2ccccc12. The molecule has 0 saturated carbocycles. The molecule has 134 valence electrons. The van der Waals surface area contributed by atoms with Gasteiger partial charge in [0, 0.05) is 17.0 Å². The maximum absolute atomic E-state index is 12.9. The molecule has 1 aromatic heterocycles. The molecule has 4 nitrogen and oxygen atoms in total. The molecular formula is C22H24N2O2. The summed E-state index contributed by atoms with van der Waals surface area (Å²) in [5, 5.41) is 4.00. The van der Waals surface area contributed by atoms with E-state index < -0.39 is 0 Å². The number of rotatable bonds is 6. The number of carbonyl (C=O) groups excluding carboxylic acids is 1. The number of pyridine rings is 1. The van der Waals surface area contributed by atoms with Crippen LogP contribution in [0.15, 0.2) is 54.6 Å². The minimum absolute atomic E-state index is 0.0490. The van der Waals surface area contributed by atoms with E-state index in [1.165, 1.54) is 0 Å².